The number of carbonyl (C=O) groups is 2. The Kier molecular flexibility index (Phi) is 5.14. The average Bonchev–Trinajstić information content (AvgIpc) is 3.04. The van der Waals surface area contributed by atoms with Crippen LogP contribution in [0.4, 0.5) is 8.78 Å². The Morgan fingerprint density at radius 2 is 2.10 bits per heavy atom. The fraction of sp³-hybridized carbons (Fsp3) is 0.444. The van der Waals surface area contributed by atoms with Crippen LogP contribution in [0, 0.1) is 12.8 Å². The van der Waals surface area contributed by atoms with E-state index in [4.69, 9.17) is 0 Å². The third-order valence-corrected chi connectivity index (χ3v) is 4.89. The van der Waals surface area contributed by atoms with Gasteiger partial charge < -0.3 is 10.6 Å². The van der Waals surface area contributed by atoms with Crippen LogP contribution in [0.15, 0.2) is 23.1 Å². The molecule has 1 fully saturated rings. The van der Waals surface area contributed by atoms with Crippen molar-refractivity contribution in [2.24, 2.45) is 5.92 Å². The molecular weight excluding hydrogens is 400 g/mol. The maximum Gasteiger partial charge on any atom is 0.275 e. The van der Waals surface area contributed by atoms with E-state index in [1.165, 1.54) is 0 Å². The molecule has 0 aromatic carbocycles. The molecule has 2 amide bonds. The molecule has 1 aliphatic carbocycles. The molecule has 3 aromatic rings. The molecule has 158 valence electrons. The molecule has 0 aliphatic heterocycles. The Hall–Kier alpha value is -3.44. The number of halogens is 2. The molecule has 2 N–H and O–H groups in total. The van der Waals surface area contributed by atoms with E-state index in [-0.39, 0.29) is 44.0 Å². The minimum atomic E-state index is -2.60. The summed E-state index contributed by atoms with van der Waals surface area (Å²) in [6.07, 6.45) is 3.39. The molecule has 1 aliphatic rings. The van der Waals surface area contributed by atoms with Crippen molar-refractivity contribution in [3.8, 4) is 0 Å². The number of alkyl halides is 2. The van der Waals surface area contributed by atoms with E-state index in [1.807, 2.05) is 0 Å². The largest absolute Gasteiger partial charge is 0.352 e. The standard InChI is InChI=1S/C18H19F2N7O3/c1-10-16(26-30-25-10)17(29)22-8-13-9-27-14(24-13)4-11(7-23-27)6-21-15(28)3-2-12-5-18(12,19)20/h4,7,9,12H,2-3,5-6,8H2,1H3,(H,21,28)(H,22,29). The Bertz CT molecular complexity index is 1090. The first-order valence-electron chi connectivity index (χ1n) is 9.37. The van der Waals surface area contributed by atoms with Crippen molar-refractivity contribution in [2.45, 2.75) is 45.2 Å². The van der Waals surface area contributed by atoms with Crippen LogP contribution >= 0.6 is 0 Å². The molecule has 3 heterocycles. The van der Waals surface area contributed by atoms with Gasteiger partial charge in [0.1, 0.15) is 5.69 Å². The topological polar surface area (TPSA) is 127 Å². The maximum atomic E-state index is 12.9. The van der Waals surface area contributed by atoms with Crippen LogP contribution in [-0.2, 0) is 17.9 Å². The van der Waals surface area contributed by atoms with Gasteiger partial charge in [-0.05, 0) is 30.1 Å². The van der Waals surface area contributed by atoms with Crippen LogP contribution in [-0.4, -0.2) is 42.6 Å². The fourth-order valence-electron chi connectivity index (χ4n) is 3.02. The number of amides is 2. The molecule has 3 aromatic heterocycles. The maximum absolute atomic E-state index is 12.9. The highest BCUT2D eigenvalue weighted by molar-refractivity contribution is 5.92. The van der Waals surface area contributed by atoms with Crippen LogP contribution in [0.25, 0.3) is 5.65 Å². The van der Waals surface area contributed by atoms with Crippen molar-refractivity contribution in [3.63, 3.8) is 0 Å². The quantitative estimate of drug-likeness (QED) is 0.565. The second kappa shape index (κ2) is 7.76. The van der Waals surface area contributed by atoms with Crippen molar-refractivity contribution in [1.29, 1.82) is 0 Å². The molecule has 10 nitrogen and oxygen atoms in total. The molecule has 0 saturated heterocycles. The highest BCUT2D eigenvalue weighted by atomic mass is 19.3. The van der Waals surface area contributed by atoms with E-state index in [9.17, 15) is 18.4 Å². The number of aryl methyl sites for hydroxylation is 1. The van der Waals surface area contributed by atoms with Crippen LogP contribution in [0.2, 0.25) is 0 Å². The number of rotatable bonds is 8. The van der Waals surface area contributed by atoms with Crippen molar-refractivity contribution in [2.75, 3.05) is 0 Å². The lowest BCUT2D eigenvalue weighted by Gasteiger charge is -2.05. The van der Waals surface area contributed by atoms with Crippen LogP contribution < -0.4 is 10.6 Å². The zero-order chi connectivity index (χ0) is 21.3. The van der Waals surface area contributed by atoms with Gasteiger partial charge in [0.05, 0.1) is 24.6 Å². The molecule has 1 unspecified atom stereocenters. The number of fused-ring (bicyclic) bond motifs is 1. The lowest BCUT2D eigenvalue weighted by Crippen LogP contribution is -2.24. The Morgan fingerprint density at radius 3 is 2.80 bits per heavy atom. The van der Waals surface area contributed by atoms with Crippen molar-refractivity contribution < 1.29 is 23.0 Å². The lowest BCUT2D eigenvalue weighted by atomic mass is 10.2. The third-order valence-electron chi connectivity index (χ3n) is 4.89. The minimum absolute atomic E-state index is 0.0731. The summed E-state index contributed by atoms with van der Waals surface area (Å²) in [5.74, 6) is -3.97. The van der Waals surface area contributed by atoms with Gasteiger partial charge in [0.15, 0.2) is 11.3 Å². The number of imidazole rings is 1. The molecule has 0 radical (unpaired) electrons. The lowest BCUT2D eigenvalue weighted by molar-refractivity contribution is -0.121. The number of nitrogens with one attached hydrogen (secondary N) is 2. The smallest absolute Gasteiger partial charge is 0.275 e. The molecular formula is C18H19F2N7O3. The predicted molar refractivity (Wildman–Crippen MR) is 97.3 cm³/mol. The van der Waals surface area contributed by atoms with Gasteiger partial charge in [-0.2, -0.15) is 5.10 Å². The predicted octanol–water partition coefficient (Wildman–Crippen LogP) is 1.40. The summed E-state index contributed by atoms with van der Waals surface area (Å²) in [4.78, 5) is 28.3. The summed E-state index contributed by atoms with van der Waals surface area (Å²) < 4.78 is 31.8. The van der Waals surface area contributed by atoms with E-state index in [0.717, 1.165) is 5.56 Å². The molecule has 0 bridgehead atoms. The van der Waals surface area contributed by atoms with Crippen molar-refractivity contribution in [3.05, 3.63) is 41.1 Å². The number of hydrogen-bond acceptors (Lipinski definition) is 7. The zero-order valence-electron chi connectivity index (χ0n) is 16.1. The summed E-state index contributed by atoms with van der Waals surface area (Å²) >= 11 is 0. The third kappa shape index (κ3) is 4.42. The zero-order valence-corrected chi connectivity index (χ0v) is 16.1. The highest BCUT2D eigenvalue weighted by Gasteiger charge is 2.56. The van der Waals surface area contributed by atoms with E-state index >= 15 is 0 Å². The first kappa shape index (κ1) is 19.9. The Balaban J connectivity index is 1.29. The van der Waals surface area contributed by atoms with E-state index < -0.39 is 17.7 Å². The summed E-state index contributed by atoms with van der Waals surface area (Å²) in [7, 11) is 0. The van der Waals surface area contributed by atoms with Gasteiger partial charge in [0.25, 0.3) is 11.8 Å². The van der Waals surface area contributed by atoms with E-state index in [2.05, 4.69) is 35.7 Å². The second-order valence-electron chi connectivity index (χ2n) is 7.26. The van der Waals surface area contributed by atoms with Crippen LogP contribution in [0.5, 0.6) is 0 Å². The van der Waals surface area contributed by atoms with Gasteiger partial charge in [-0.3, -0.25) is 9.59 Å². The first-order valence-corrected chi connectivity index (χ1v) is 9.37. The summed E-state index contributed by atoms with van der Waals surface area (Å²) in [5.41, 5.74) is 2.35. The van der Waals surface area contributed by atoms with Gasteiger partial charge in [-0.1, -0.05) is 5.16 Å². The van der Waals surface area contributed by atoms with E-state index in [1.54, 1.807) is 29.9 Å². The number of hydrogen-bond donors (Lipinski definition) is 2. The van der Waals surface area contributed by atoms with E-state index in [0.29, 0.717) is 17.0 Å². The SMILES string of the molecule is Cc1nonc1C(=O)NCc1cn2ncc(CNC(=O)CCC3CC3(F)F)cc2n1. The molecule has 0 spiro atoms. The van der Waals surface area contributed by atoms with Gasteiger partial charge in [-0.15, -0.1) is 0 Å². The monoisotopic (exact) mass is 419 g/mol. The van der Waals surface area contributed by atoms with Crippen molar-refractivity contribution in [1.82, 2.24) is 35.5 Å². The van der Waals surface area contributed by atoms with Crippen molar-refractivity contribution >= 4 is 17.5 Å². The molecule has 4 rings (SSSR count). The molecule has 30 heavy (non-hydrogen) atoms. The Labute approximate surface area is 169 Å². The number of nitrogens with zero attached hydrogens (tertiary/aromatic N) is 5. The van der Waals surface area contributed by atoms with Crippen LogP contribution in [0.3, 0.4) is 0 Å². The van der Waals surface area contributed by atoms with Gasteiger partial charge in [-0.25, -0.2) is 22.9 Å². The second-order valence-corrected chi connectivity index (χ2v) is 7.26. The summed E-state index contributed by atoms with van der Waals surface area (Å²) in [5, 5.41) is 16.7. The fourth-order valence-corrected chi connectivity index (χ4v) is 3.02. The summed E-state index contributed by atoms with van der Waals surface area (Å²) in [6, 6.07) is 1.75. The normalized spacial score (nSPS) is 17.1. The van der Waals surface area contributed by atoms with Crippen LogP contribution in [0.1, 0.15) is 46.7 Å². The minimum Gasteiger partial charge on any atom is -0.352 e. The van der Waals surface area contributed by atoms with Gasteiger partial charge >= 0.3 is 0 Å². The molecule has 12 heteroatoms. The Morgan fingerprint density at radius 1 is 1.30 bits per heavy atom. The number of carbonyl (C=O) groups excluding carboxylic acids is 2. The number of aromatic nitrogens is 5. The first-order chi connectivity index (χ1) is 14.3. The summed E-state index contributed by atoms with van der Waals surface area (Å²) in [6.45, 7) is 1.99. The average molecular weight is 419 g/mol. The molecule has 1 atom stereocenters. The van der Waals surface area contributed by atoms with Gasteiger partial charge in [0.2, 0.25) is 5.91 Å². The van der Waals surface area contributed by atoms with Gasteiger partial charge in [0, 0.05) is 25.3 Å². The highest BCUT2D eigenvalue weighted by Crippen LogP contribution is 2.51. The molecule has 1 saturated carbocycles.